The van der Waals surface area contributed by atoms with E-state index in [1.54, 1.807) is 11.7 Å². The Labute approximate surface area is 173 Å². The lowest BCUT2D eigenvalue weighted by molar-refractivity contribution is -0.00409. The van der Waals surface area contributed by atoms with Gasteiger partial charge in [0.1, 0.15) is 12.4 Å². The van der Waals surface area contributed by atoms with E-state index in [1.807, 2.05) is 0 Å². The molecule has 1 saturated carbocycles. The molecule has 0 unspecified atom stereocenters. The fourth-order valence-corrected chi connectivity index (χ4v) is 4.03. The summed E-state index contributed by atoms with van der Waals surface area (Å²) in [5, 5.41) is 2.84. The molecular formula is C21H25F2N3O4. The second-order valence-electron chi connectivity index (χ2n) is 7.56. The first-order chi connectivity index (χ1) is 14.6. The van der Waals surface area contributed by atoms with Crippen molar-refractivity contribution in [3.8, 4) is 17.0 Å². The Bertz CT molecular complexity index is 910. The number of fused-ring (bicyclic) bond motifs is 3. The molecular weight excluding hydrogens is 396 g/mol. The topological polar surface area (TPSA) is 74.6 Å². The molecule has 1 fully saturated rings. The van der Waals surface area contributed by atoms with Gasteiger partial charge in [0.25, 0.3) is 5.91 Å². The summed E-state index contributed by atoms with van der Waals surface area (Å²) in [6.45, 7) is 1.69. The Kier molecular flexibility index (Phi) is 6.29. The molecule has 0 saturated heterocycles. The Hall–Kier alpha value is -2.52. The van der Waals surface area contributed by atoms with Gasteiger partial charge in [0.05, 0.1) is 55.2 Å². The van der Waals surface area contributed by atoms with Gasteiger partial charge in [-0.25, -0.2) is 13.8 Å². The number of nitrogens with one attached hydrogen (secondary N) is 1. The van der Waals surface area contributed by atoms with Crippen molar-refractivity contribution in [2.24, 2.45) is 0 Å². The number of hydrogen-bond acceptors (Lipinski definition) is 5. The van der Waals surface area contributed by atoms with E-state index < -0.39 is 17.5 Å². The van der Waals surface area contributed by atoms with E-state index >= 15 is 4.39 Å². The number of nitrogens with zero attached hydrogens (tertiary/aromatic N) is 2. The molecule has 4 rings (SSSR count). The number of imidazole rings is 1. The molecule has 1 aromatic carbocycles. The molecule has 0 bridgehead atoms. The monoisotopic (exact) mass is 421 g/mol. The zero-order valence-electron chi connectivity index (χ0n) is 16.8. The van der Waals surface area contributed by atoms with Crippen molar-refractivity contribution in [2.75, 3.05) is 26.9 Å². The summed E-state index contributed by atoms with van der Waals surface area (Å²) in [4.78, 5) is 16.8. The minimum Gasteiger partial charge on any atom is -0.488 e. The van der Waals surface area contributed by atoms with Crippen molar-refractivity contribution < 1.29 is 27.8 Å². The van der Waals surface area contributed by atoms with Gasteiger partial charge in [0.2, 0.25) is 0 Å². The van der Waals surface area contributed by atoms with Crippen molar-refractivity contribution in [1.29, 1.82) is 0 Å². The lowest BCUT2D eigenvalue weighted by Crippen LogP contribution is -2.39. The lowest BCUT2D eigenvalue weighted by atomic mass is 9.92. The van der Waals surface area contributed by atoms with Gasteiger partial charge in [-0.15, -0.1) is 0 Å². The maximum absolute atomic E-state index is 15.3. The SMILES string of the molecule is COCCOC1CCC(NC(=O)c2cc(F)c3c(c2F)-c2cncn2CCO3)CC1. The number of ether oxygens (including phenoxy) is 3. The van der Waals surface area contributed by atoms with E-state index in [0.29, 0.717) is 38.3 Å². The van der Waals surface area contributed by atoms with Gasteiger partial charge in [-0.2, -0.15) is 0 Å². The molecule has 7 nitrogen and oxygen atoms in total. The molecule has 2 heterocycles. The quantitative estimate of drug-likeness (QED) is 0.726. The minimum absolute atomic E-state index is 0.0644. The fraction of sp³-hybridized carbons (Fsp3) is 0.524. The number of carbonyl (C=O) groups is 1. The molecule has 1 aromatic heterocycles. The largest absolute Gasteiger partial charge is 0.488 e. The van der Waals surface area contributed by atoms with Crippen LogP contribution in [0, 0.1) is 11.6 Å². The van der Waals surface area contributed by atoms with Crippen molar-refractivity contribution in [3.63, 3.8) is 0 Å². The molecule has 30 heavy (non-hydrogen) atoms. The van der Waals surface area contributed by atoms with Crippen molar-refractivity contribution in [1.82, 2.24) is 14.9 Å². The lowest BCUT2D eigenvalue weighted by Gasteiger charge is -2.29. The van der Waals surface area contributed by atoms with E-state index in [9.17, 15) is 9.18 Å². The second-order valence-corrected chi connectivity index (χ2v) is 7.56. The standard InChI is InChI=1S/C21H25F2N3O4/c1-28-8-9-29-14-4-2-13(3-5-14)25-21(27)15-10-16(22)20-18(19(15)23)17-11-24-12-26(17)6-7-30-20/h10-14H,2-9H2,1H3,(H,25,27). The molecule has 1 amide bonds. The Balaban J connectivity index is 1.48. The van der Waals surface area contributed by atoms with Gasteiger partial charge in [-0.3, -0.25) is 4.79 Å². The number of carbonyl (C=O) groups excluding carboxylic acids is 1. The summed E-state index contributed by atoms with van der Waals surface area (Å²) < 4.78 is 47.8. The van der Waals surface area contributed by atoms with Crippen LogP contribution in [0.3, 0.4) is 0 Å². The zero-order chi connectivity index (χ0) is 21.1. The summed E-state index contributed by atoms with van der Waals surface area (Å²) in [5.41, 5.74) is -0.00404. The third kappa shape index (κ3) is 4.17. The predicted molar refractivity (Wildman–Crippen MR) is 104 cm³/mol. The maximum Gasteiger partial charge on any atom is 0.254 e. The average Bonchev–Trinajstić information content (AvgIpc) is 3.11. The smallest absolute Gasteiger partial charge is 0.254 e. The number of aromatic nitrogens is 2. The minimum atomic E-state index is -0.802. The van der Waals surface area contributed by atoms with Gasteiger partial charge in [0.15, 0.2) is 11.6 Å². The third-order valence-electron chi connectivity index (χ3n) is 5.61. The first kappa shape index (κ1) is 20.7. The summed E-state index contributed by atoms with van der Waals surface area (Å²) in [7, 11) is 1.63. The number of rotatable bonds is 6. The van der Waals surface area contributed by atoms with E-state index in [0.717, 1.165) is 18.9 Å². The number of halogens is 2. The Morgan fingerprint density at radius 1 is 1.30 bits per heavy atom. The van der Waals surface area contributed by atoms with Crippen molar-refractivity contribution >= 4 is 5.91 Å². The van der Waals surface area contributed by atoms with Gasteiger partial charge in [-0.1, -0.05) is 0 Å². The van der Waals surface area contributed by atoms with Crippen LogP contribution >= 0.6 is 0 Å². The third-order valence-corrected chi connectivity index (χ3v) is 5.61. The molecule has 1 aliphatic carbocycles. The van der Waals surface area contributed by atoms with Crippen LogP contribution in [0.2, 0.25) is 0 Å². The van der Waals surface area contributed by atoms with Crippen LogP contribution in [0.15, 0.2) is 18.6 Å². The summed E-state index contributed by atoms with van der Waals surface area (Å²) in [6, 6.07) is 0.803. The molecule has 2 aromatic rings. The highest BCUT2D eigenvalue weighted by Crippen LogP contribution is 2.38. The molecule has 2 aliphatic rings. The number of benzene rings is 1. The highest BCUT2D eigenvalue weighted by molar-refractivity contribution is 5.96. The molecule has 0 radical (unpaired) electrons. The zero-order valence-corrected chi connectivity index (χ0v) is 16.8. The normalized spacial score (nSPS) is 20.6. The van der Waals surface area contributed by atoms with Gasteiger partial charge < -0.3 is 24.1 Å². The van der Waals surface area contributed by atoms with Crippen LogP contribution in [-0.4, -0.2) is 54.5 Å². The first-order valence-electron chi connectivity index (χ1n) is 10.1. The van der Waals surface area contributed by atoms with Crippen LogP contribution in [0.1, 0.15) is 36.0 Å². The molecule has 9 heteroatoms. The summed E-state index contributed by atoms with van der Waals surface area (Å²) >= 11 is 0. The first-order valence-corrected chi connectivity index (χ1v) is 10.1. The Morgan fingerprint density at radius 2 is 2.10 bits per heavy atom. The van der Waals surface area contributed by atoms with Gasteiger partial charge in [0, 0.05) is 13.2 Å². The van der Waals surface area contributed by atoms with Crippen LogP contribution in [0.25, 0.3) is 11.3 Å². The number of hydrogen-bond donors (Lipinski definition) is 1. The van der Waals surface area contributed by atoms with E-state index in [-0.39, 0.29) is 35.6 Å². The fourth-order valence-electron chi connectivity index (χ4n) is 4.03. The maximum atomic E-state index is 15.3. The Morgan fingerprint density at radius 3 is 2.87 bits per heavy atom. The summed E-state index contributed by atoms with van der Waals surface area (Å²) in [6.07, 6.45) is 6.13. The molecule has 1 N–H and O–H groups in total. The van der Waals surface area contributed by atoms with Crippen LogP contribution in [0.5, 0.6) is 5.75 Å². The van der Waals surface area contributed by atoms with Crippen LogP contribution < -0.4 is 10.1 Å². The molecule has 162 valence electrons. The van der Waals surface area contributed by atoms with E-state index in [2.05, 4.69) is 10.3 Å². The predicted octanol–water partition coefficient (Wildman–Crippen LogP) is 2.92. The van der Waals surface area contributed by atoms with Gasteiger partial charge in [-0.05, 0) is 31.7 Å². The molecule has 0 atom stereocenters. The van der Waals surface area contributed by atoms with Crippen molar-refractivity contribution in [3.05, 3.63) is 35.8 Å². The average molecular weight is 421 g/mol. The second kappa shape index (κ2) is 9.09. The van der Waals surface area contributed by atoms with E-state index in [1.165, 1.54) is 12.5 Å². The van der Waals surface area contributed by atoms with Gasteiger partial charge >= 0.3 is 0 Å². The summed E-state index contributed by atoms with van der Waals surface area (Å²) in [5.74, 6) is -2.38. The highest BCUT2D eigenvalue weighted by atomic mass is 19.1. The van der Waals surface area contributed by atoms with Crippen molar-refractivity contribution in [2.45, 2.75) is 44.4 Å². The molecule has 1 aliphatic heterocycles. The van der Waals surface area contributed by atoms with Crippen LogP contribution in [-0.2, 0) is 16.0 Å². The van der Waals surface area contributed by atoms with E-state index in [4.69, 9.17) is 14.2 Å². The number of amides is 1. The van der Waals surface area contributed by atoms with Crippen LogP contribution in [0.4, 0.5) is 8.78 Å². The molecule has 0 spiro atoms. The number of methoxy groups -OCH3 is 1. The highest BCUT2D eigenvalue weighted by Gasteiger charge is 2.30.